The summed E-state index contributed by atoms with van der Waals surface area (Å²) in [5.74, 6) is 1.12. The van der Waals surface area contributed by atoms with E-state index in [1.165, 1.54) is 0 Å². The summed E-state index contributed by atoms with van der Waals surface area (Å²) in [4.78, 5) is 11.8. The number of hydrogen-bond acceptors (Lipinski definition) is 4. The zero-order chi connectivity index (χ0) is 11.5. The Morgan fingerprint density at radius 3 is 2.88 bits per heavy atom. The highest BCUT2D eigenvalue weighted by molar-refractivity contribution is 5.95. The van der Waals surface area contributed by atoms with Gasteiger partial charge in [-0.05, 0) is 25.1 Å². The number of rotatable bonds is 3. The fourth-order valence-corrected chi connectivity index (χ4v) is 1.40. The maximum atomic E-state index is 11.8. The molecule has 0 bridgehead atoms. The van der Waals surface area contributed by atoms with Gasteiger partial charge in [-0.1, -0.05) is 0 Å². The number of hydrogen-bond donors (Lipinski definition) is 2. The molecule has 0 radical (unpaired) electrons. The first-order valence-electron chi connectivity index (χ1n) is 5.11. The van der Waals surface area contributed by atoms with E-state index in [0.717, 1.165) is 0 Å². The average Bonchev–Trinajstić information content (AvgIpc) is 2.75. The summed E-state index contributed by atoms with van der Waals surface area (Å²) in [6.07, 6.45) is 0. The quantitative estimate of drug-likeness (QED) is 0.845. The second kappa shape index (κ2) is 5.75. The molecule has 5 nitrogen and oxygen atoms in total. The van der Waals surface area contributed by atoms with E-state index in [2.05, 4.69) is 5.32 Å². The van der Waals surface area contributed by atoms with Gasteiger partial charge in [0, 0.05) is 18.2 Å². The first-order chi connectivity index (χ1) is 7.70. The average molecular weight is 259 g/mol. The van der Waals surface area contributed by atoms with Gasteiger partial charge in [-0.25, -0.2) is 0 Å². The molecule has 0 unspecified atom stereocenters. The molecule has 0 aromatic heterocycles. The summed E-state index contributed by atoms with van der Waals surface area (Å²) >= 11 is 0. The fraction of sp³-hybridized carbons (Fsp3) is 0.364. The number of fused-ring (bicyclic) bond motifs is 1. The van der Waals surface area contributed by atoms with Crippen molar-refractivity contribution in [2.24, 2.45) is 5.73 Å². The van der Waals surface area contributed by atoms with Gasteiger partial charge in [0.25, 0.3) is 5.91 Å². The molecule has 1 atom stereocenters. The van der Waals surface area contributed by atoms with Gasteiger partial charge >= 0.3 is 0 Å². The van der Waals surface area contributed by atoms with Crippen LogP contribution in [0.5, 0.6) is 11.5 Å². The van der Waals surface area contributed by atoms with E-state index in [0.29, 0.717) is 23.6 Å². The SMILES string of the molecule is C[C@H](CN)NC(=O)c1ccc2c(c1)OCO2.Cl. The Morgan fingerprint density at radius 1 is 1.47 bits per heavy atom. The molecule has 0 aliphatic carbocycles. The summed E-state index contributed by atoms with van der Waals surface area (Å²) in [5.41, 5.74) is 5.98. The van der Waals surface area contributed by atoms with Crippen molar-refractivity contribution in [1.82, 2.24) is 5.32 Å². The van der Waals surface area contributed by atoms with Crippen LogP contribution in [0.3, 0.4) is 0 Å². The number of ether oxygens (including phenoxy) is 2. The summed E-state index contributed by atoms with van der Waals surface area (Å²) in [5, 5.41) is 2.78. The Morgan fingerprint density at radius 2 is 2.18 bits per heavy atom. The molecule has 0 spiro atoms. The van der Waals surface area contributed by atoms with Crippen LogP contribution in [0.1, 0.15) is 17.3 Å². The molecule has 6 heteroatoms. The predicted octanol–water partition coefficient (Wildman–Crippen LogP) is 0.914. The van der Waals surface area contributed by atoms with E-state index < -0.39 is 0 Å². The van der Waals surface area contributed by atoms with Crippen LogP contribution >= 0.6 is 12.4 Å². The van der Waals surface area contributed by atoms with E-state index in [1.54, 1.807) is 18.2 Å². The van der Waals surface area contributed by atoms with Crippen LogP contribution in [0.25, 0.3) is 0 Å². The third-order valence-corrected chi connectivity index (χ3v) is 2.37. The van der Waals surface area contributed by atoms with E-state index in [4.69, 9.17) is 15.2 Å². The zero-order valence-electron chi connectivity index (χ0n) is 9.43. The largest absolute Gasteiger partial charge is 0.454 e. The molecule has 2 rings (SSSR count). The van der Waals surface area contributed by atoms with Crippen LogP contribution in [-0.2, 0) is 0 Å². The Labute approximate surface area is 106 Å². The molecular weight excluding hydrogens is 244 g/mol. The Kier molecular flexibility index (Phi) is 4.60. The highest BCUT2D eigenvalue weighted by Gasteiger charge is 2.16. The molecule has 0 saturated carbocycles. The third-order valence-electron chi connectivity index (χ3n) is 2.37. The monoisotopic (exact) mass is 258 g/mol. The van der Waals surface area contributed by atoms with Crippen molar-refractivity contribution >= 4 is 18.3 Å². The summed E-state index contributed by atoms with van der Waals surface area (Å²) < 4.78 is 10.4. The van der Waals surface area contributed by atoms with E-state index in [1.807, 2.05) is 6.92 Å². The van der Waals surface area contributed by atoms with Gasteiger partial charge in [0.15, 0.2) is 11.5 Å². The summed E-state index contributed by atoms with van der Waals surface area (Å²) in [6, 6.07) is 5.05. The zero-order valence-corrected chi connectivity index (χ0v) is 10.3. The molecule has 1 aromatic carbocycles. The van der Waals surface area contributed by atoms with Crippen LogP contribution in [0.4, 0.5) is 0 Å². The Hall–Kier alpha value is -1.46. The molecule has 3 N–H and O–H groups in total. The van der Waals surface area contributed by atoms with E-state index in [9.17, 15) is 4.79 Å². The smallest absolute Gasteiger partial charge is 0.251 e. The van der Waals surface area contributed by atoms with Crippen molar-refractivity contribution in [2.45, 2.75) is 13.0 Å². The topological polar surface area (TPSA) is 73.6 Å². The van der Waals surface area contributed by atoms with Crippen LogP contribution in [-0.4, -0.2) is 25.3 Å². The molecule has 1 aromatic rings. The number of carbonyl (C=O) groups excluding carboxylic acids is 1. The number of nitrogens with one attached hydrogen (secondary N) is 1. The fourth-order valence-electron chi connectivity index (χ4n) is 1.40. The normalized spacial score (nSPS) is 13.8. The molecule has 1 aliphatic heterocycles. The van der Waals surface area contributed by atoms with Crippen LogP contribution in [0, 0.1) is 0 Å². The number of amides is 1. The summed E-state index contributed by atoms with van der Waals surface area (Å²) in [7, 11) is 0. The van der Waals surface area contributed by atoms with Crippen LogP contribution in [0.2, 0.25) is 0 Å². The van der Waals surface area contributed by atoms with Crippen molar-refractivity contribution in [2.75, 3.05) is 13.3 Å². The molecule has 17 heavy (non-hydrogen) atoms. The van der Waals surface area contributed by atoms with Crippen molar-refractivity contribution in [3.05, 3.63) is 23.8 Å². The molecule has 94 valence electrons. The Balaban J connectivity index is 0.00000144. The lowest BCUT2D eigenvalue weighted by Gasteiger charge is -2.11. The van der Waals surface area contributed by atoms with Gasteiger partial charge in [-0.15, -0.1) is 12.4 Å². The predicted molar refractivity (Wildman–Crippen MR) is 65.8 cm³/mol. The minimum Gasteiger partial charge on any atom is -0.454 e. The first-order valence-corrected chi connectivity index (χ1v) is 5.11. The minimum atomic E-state index is -0.156. The third kappa shape index (κ3) is 3.01. The van der Waals surface area contributed by atoms with Crippen molar-refractivity contribution in [3.8, 4) is 11.5 Å². The highest BCUT2D eigenvalue weighted by atomic mass is 35.5. The molecule has 0 saturated heterocycles. The number of nitrogens with two attached hydrogens (primary N) is 1. The first kappa shape index (κ1) is 13.6. The lowest BCUT2D eigenvalue weighted by atomic mass is 10.2. The molecule has 1 heterocycles. The second-order valence-electron chi connectivity index (χ2n) is 3.68. The lowest BCUT2D eigenvalue weighted by molar-refractivity contribution is 0.0941. The summed E-state index contributed by atoms with van der Waals surface area (Å²) in [6.45, 7) is 2.47. The van der Waals surface area contributed by atoms with Gasteiger partial charge in [-0.2, -0.15) is 0 Å². The lowest BCUT2D eigenvalue weighted by Crippen LogP contribution is -2.37. The van der Waals surface area contributed by atoms with Crippen molar-refractivity contribution < 1.29 is 14.3 Å². The number of benzene rings is 1. The standard InChI is InChI=1S/C11H14N2O3.ClH/c1-7(5-12)13-11(14)8-2-3-9-10(4-8)16-6-15-9;/h2-4,7H,5-6,12H2,1H3,(H,13,14);1H/t7-;/m1./s1. The van der Waals surface area contributed by atoms with E-state index >= 15 is 0 Å². The van der Waals surface area contributed by atoms with Gasteiger partial charge in [0.1, 0.15) is 0 Å². The van der Waals surface area contributed by atoms with Gasteiger partial charge in [0.05, 0.1) is 0 Å². The second-order valence-corrected chi connectivity index (χ2v) is 3.68. The Bertz CT molecular complexity index is 412. The van der Waals surface area contributed by atoms with Gasteiger partial charge < -0.3 is 20.5 Å². The molecule has 0 fully saturated rings. The van der Waals surface area contributed by atoms with Crippen LogP contribution in [0.15, 0.2) is 18.2 Å². The van der Waals surface area contributed by atoms with E-state index in [-0.39, 0.29) is 31.1 Å². The molecule has 1 amide bonds. The number of halogens is 1. The maximum absolute atomic E-state index is 11.8. The van der Waals surface area contributed by atoms with Crippen molar-refractivity contribution in [3.63, 3.8) is 0 Å². The minimum absolute atomic E-state index is 0. The van der Waals surface area contributed by atoms with Gasteiger partial charge in [0.2, 0.25) is 6.79 Å². The number of carbonyl (C=O) groups is 1. The van der Waals surface area contributed by atoms with Gasteiger partial charge in [-0.3, -0.25) is 4.79 Å². The molecular formula is C11H15ClN2O3. The van der Waals surface area contributed by atoms with Crippen LogP contribution < -0.4 is 20.5 Å². The molecule has 1 aliphatic rings. The maximum Gasteiger partial charge on any atom is 0.251 e. The highest BCUT2D eigenvalue weighted by Crippen LogP contribution is 2.32. The van der Waals surface area contributed by atoms with Crippen molar-refractivity contribution in [1.29, 1.82) is 0 Å².